The van der Waals surface area contributed by atoms with Gasteiger partial charge >= 0.3 is 0 Å². The Hall–Kier alpha value is -1.36. The quantitative estimate of drug-likeness (QED) is 0.651. The number of unbranched alkanes of at least 4 members (excludes halogenated alkanes) is 2. The topological polar surface area (TPSA) is 92.3 Å². The molecule has 1 N–H and O–H groups in total. The van der Waals surface area contributed by atoms with E-state index >= 15 is 0 Å². The van der Waals surface area contributed by atoms with Gasteiger partial charge in [-0.3, -0.25) is 4.79 Å². The van der Waals surface area contributed by atoms with E-state index in [9.17, 15) is 13.2 Å². The highest BCUT2D eigenvalue weighted by molar-refractivity contribution is 7.91. The van der Waals surface area contributed by atoms with Crippen LogP contribution >= 0.6 is 22.7 Å². The predicted octanol–water partition coefficient (Wildman–Crippen LogP) is 3.37. The average Bonchev–Trinajstić information content (AvgIpc) is 3.34. The largest absolute Gasteiger partial charge is 0.300 e. The Labute approximate surface area is 167 Å². The van der Waals surface area contributed by atoms with Crippen LogP contribution in [0.4, 0.5) is 5.13 Å². The van der Waals surface area contributed by atoms with Crippen molar-refractivity contribution in [2.45, 2.75) is 49.7 Å². The predicted molar refractivity (Wildman–Crippen MR) is 108 cm³/mol. The summed E-state index contributed by atoms with van der Waals surface area (Å²) in [4.78, 5) is 12.5. The molecule has 1 aliphatic rings. The number of carbonyl (C=O) groups excluding carboxylic acids is 1. The van der Waals surface area contributed by atoms with Gasteiger partial charge < -0.3 is 5.32 Å². The fraction of sp³-hybridized carbons (Fsp3) is 0.588. The van der Waals surface area contributed by atoms with Gasteiger partial charge in [-0.25, -0.2) is 8.42 Å². The number of aromatic nitrogens is 2. The summed E-state index contributed by atoms with van der Waals surface area (Å²) in [5.74, 6) is -0.299. The van der Waals surface area contributed by atoms with Gasteiger partial charge in [-0.1, -0.05) is 37.2 Å². The van der Waals surface area contributed by atoms with E-state index in [-0.39, 0.29) is 11.8 Å². The van der Waals surface area contributed by atoms with Crippen molar-refractivity contribution in [1.82, 2.24) is 14.5 Å². The van der Waals surface area contributed by atoms with Crippen LogP contribution in [0.3, 0.4) is 0 Å². The van der Waals surface area contributed by atoms with E-state index < -0.39 is 10.0 Å². The van der Waals surface area contributed by atoms with Crippen LogP contribution in [0.2, 0.25) is 0 Å². The average molecular weight is 429 g/mol. The third-order valence-electron chi connectivity index (χ3n) is 4.61. The molecule has 3 rings (SSSR count). The Kier molecular flexibility index (Phi) is 6.96. The minimum atomic E-state index is -3.43. The van der Waals surface area contributed by atoms with Crippen molar-refractivity contribution < 1.29 is 13.2 Å². The summed E-state index contributed by atoms with van der Waals surface area (Å²) in [5, 5.41) is 14.2. The number of carbonyl (C=O) groups is 1. The fourth-order valence-electron chi connectivity index (χ4n) is 3.03. The van der Waals surface area contributed by atoms with Crippen LogP contribution in [0.25, 0.3) is 0 Å². The van der Waals surface area contributed by atoms with Crippen molar-refractivity contribution in [3.63, 3.8) is 0 Å². The number of rotatable bonds is 8. The Morgan fingerprint density at radius 1 is 1.30 bits per heavy atom. The number of thiophene rings is 1. The molecule has 2 aromatic heterocycles. The Bertz CT molecular complexity index is 841. The van der Waals surface area contributed by atoms with E-state index in [1.165, 1.54) is 27.0 Å². The van der Waals surface area contributed by atoms with E-state index in [0.29, 0.717) is 35.3 Å². The standard InChI is InChI=1S/C17H24N4O3S3/c1-2-3-4-6-14-19-20-17(26-14)18-16(22)13-8-10-21(11-9-13)27(23,24)15-7-5-12-25-15/h5,7,12-13H,2-4,6,8-11H2,1H3,(H,18,20,22). The van der Waals surface area contributed by atoms with Gasteiger partial charge in [0.2, 0.25) is 11.0 Å². The minimum Gasteiger partial charge on any atom is -0.300 e. The Morgan fingerprint density at radius 3 is 2.74 bits per heavy atom. The molecule has 0 atom stereocenters. The minimum absolute atomic E-state index is 0.0978. The zero-order valence-corrected chi connectivity index (χ0v) is 17.7. The molecule has 0 saturated carbocycles. The number of piperidine rings is 1. The first kappa shape index (κ1) is 20.4. The molecule has 0 aromatic carbocycles. The van der Waals surface area contributed by atoms with Crippen LogP contribution in [-0.4, -0.2) is 41.9 Å². The lowest BCUT2D eigenvalue weighted by Gasteiger charge is -2.29. The zero-order chi connectivity index (χ0) is 19.3. The molecule has 27 heavy (non-hydrogen) atoms. The maximum Gasteiger partial charge on any atom is 0.252 e. The van der Waals surface area contributed by atoms with Gasteiger partial charge in [0.1, 0.15) is 9.22 Å². The van der Waals surface area contributed by atoms with Crippen molar-refractivity contribution in [3.8, 4) is 0 Å². The molecular weight excluding hydrogens is 404 g/mol. The van der Waals surface area contributed by atoms with Crippen molar-refractivity contribution in [3.05, 3.63) is 22.5 Å². The van der Waals surface area contributed by atoms with Gasteiger partial charge in [-0.15, -0.1) is 21.5 Å². The molecule has 0 spiro atoms. The van der Waals surface area contributed by atoms with Gasteiger partial charge in [-0.05, 0) is 30.7 Å². The van der Waals surface area contributed by atoms with Crippen LogP contribution in [0.1, 0.15) is 44.0 Å². The highest BCUT2D eigenvalue weighted by atomic mass is 32.2. The normalized spacial score (nSPS) is 16.5. The van der Waals surface area contributed by atoms with E-state index in [1.54, 1.807) is 17.5 Å². The summed E-state index contributed by atoms with van der Waals surface area (Å²) >= 11 is 2.64. The first-order valence-electron chi connectivity index (χ1n) is 9.17. The van der Waals surface area contributed by atoms with Gasteiger partial charge in [0, 0.05) is 25.4 Å². The number of amides is 1. The number of aryl methyl sites for hydroxylation is 1. The summed E-state index contributed by atoms with van der Waals surface area (Å²) in [6, 6.07) is 3.35. The molecule has 10 heteroatoms. The molecule has 0 aliphatic carbocycles. The zero-order valence-electron chi connectivity index (χ0n) is 15.3. The Morgan fingerprint density at radius 2 is 2.07 bits per heavy atom. The Balaban J connectivity index is 1.50. The van der Waals surface area contributed by atoms with Crippen LogP contribution in [0.15, 0.2) is 21.7 Å². The van der Waals surface area contributed by atoms with Crippen LogP contribution in [0, 0.1) is 5.92 Å². The lowest BCUT2D eigenvalue weighted by Crippen LogP contribution is -2.41. The SMILES string of the molecule is CCCCCc1nnc(NC(=O)C2CCN(S(=O)(=O)c3cccs3)CC2)s1. The summed E-state index contributed by atoms with van der Waals surface area (Å²) < 4.78 is 26.9. The molecule has 1 aliphatic heterocycles. The summed E-state index contributed by atoms with van der Waals surface area (Å²) in [6.45, 7) is 2.87. The molecule has 2 aromatic rings. The van der Waals surface area contributed by atoms with Gasteiger partial charge in [0.15, 0.2) is 0 Å². The van der Waals surface area contributed by atoms with Gasteiger partial charge in [0.05, 0.1) is 0 Å². The lowest BCUT2D eigenvalue weighted by molar-refractivity contribution is -0.120. The fourth-order valence-corrected chi connectivity index (χ4v) is 6.43. The molecule has 1 fully saturated rings. The monoisotopic (exact) mass is 428 g/mol. The first-order valence-corrected chi connectivity index (χ1v) is 12.3. The van der Waals surface area contributed by atoms with E-state index in [1.807, 2.05) is 0 Å². The molecule has 1 saturated heterocycles. The molecule has 1 amide bonds. The number of hydrogen-bond acceptors (Lipinski definition) is 7. The van der Waals surface area contributed by atoms with Crippen molar-refractivity contribution >= 4 is 43.7 Å². The number of anilines is 1. The first-order chi connectivity index (χ1) is 13.0. The maximum absolute atomic E-state index is 12.5. The van der Waals surface area contributed by atoms with E-state index in [0.717, 1.165) is 30.7 Å². The van der Waals surface area contributed by atoms with Crippen LogP contribution in [0.5, 0.6) is 0 Å². The number of nitrogens with one attached hydrogen (secondary N) is 1. The summed E-state index contributed by atoms with van der Waals surface area (Å²) in [6.07, 6.45) is 5.31. The van der Waals surface area contributed by atoms with Crippen molar-refractivity contribution in [1.29, 1.82) is 0 Å². The number of sulfonamides is 1. The van der Waals surface area contributed by atoms with Crippen LogP contribution in [-0.2, 0) is 21.2 Å². The number of nitrogens with zero attached hydrogens (tertiary/aromatic N) is 3. The highest BCUT2D eigenvalue weighted by Gasteiger charge is 2.32. The second kappa shape index (κ2) is 9.22. The summed E-state index contributed by atoms with van der Waals surface area (Å²) in [5.41, 5.74) is 0. The molecule has 0 radical (unpaired) electrons. The molecule has 0 unspecified atom stereocenters. The second-order valence-corrected chi connectivity index (χ2v) is 10.7. The maximum atomic E-state index is 12.5. The third kappa shape index (κ3) is 5.13. The van der Waals surface area contributed by atoms with E-state index in [4.69, 9.17) is 0 Å². The second-order valence-electron chi connectivity index (χ2n) is 6.56. The van der Waals surface area contributed by atoms with E-state index in [2.05, 4.69) is 22.4 Å². The molecule has 0 bridgehead atoms. The summed E-state index contributed by atoms with van der Waals surface area (Å²) in [7, 11) is -3.43. The highest BCUT2D eigenvalue weighted by Crippen LogP contribution is 2.27. The van der Waals surface area contributed by atoms with Gasteiger partial charge in [0.25, 0.3) is 10.0 Å². The lowest BCUT2D eigenvalue weighted by atomic mass is 9.97. The molecule has 148 valence electrons. The molecule has 3 heterocycles. The van der Waals surface area contributed by atoms with Crippen molar-refractivity contribution in [2.24, 2.45) is 5.92 Å². The third-order valence-corrected chi connectivity index (χ3v) is 8.78. The smallest absolute Gasteiger partial charge is 0.252 e. The van der Waals surface area contributed by atoms with Crippen LogP contribution < -0.4 is 5.32 Å². The number of hydrogen-bond donors (Lipinski definition) is 1. The van der Waals surface area contributed by atoms with Crippen molar-refractivity contribution in [2.75, 3.05) is 18.4 Å². The van der Waals surface area contributed by atoms with Gasteiger partial charge in [-0.2, -0.15) is 4.31 Å². The molecular formula is C17H24N4O3S3. The molecule has 7 nitrogen and oxygen atoms in total.